The molecule has 4 aliphatic heterocycles. The fraction of sp³-hybridized carbons (Fsp3) is 0.667. The molecule has 4 saturated heterocycles. The summed E-state index contributed by atoms with van der Waals surface area (Å²) in [5, 5.41) is 0.526. The van der Waals surface area contributed by atoms with Gasteiger partial charge in [-0.1, -0.05) is 0 Å². The lowest BCUT2D eigenvalue weighted by Gasteiger charge is -2.69. The van der Waals surface area contributed by atoms with Crippen LogP contribution in [0.25, 0.3) is 0 Å². The summed E-state index contributed by atoms with van der Waals surface area (Å²) in [5.41, 5.74) is 0. The van der Waals surface area contributed by atoms with Crippen molar-refractivity contribution in [3.05, 3.63) is 18.2 Å². The van der Waals surface area contributed by atoms with E-state index in [0.29, 0.717) is 12.8 Å². The summed E-state index contributed by atoms with van der Waals surface area (Å²) in [7, 11) is 2.58. The van der Waals surface area contributed by atoms with Crippen molar-refractivity contribution in [3.8, 4) is 11.5 Å². The Labute approximate surface area is 144 Å². The van der Waals surface area contributed by atoms with Crippen LogP contribution in [0.2, 0.25) is 0 Å². The second kappa shape index (κ2) is 4.85. The molecule has 1 aromatic carbocycles. The van der Waals surface area contributed by atoms with Crippen molar-refractivity contribution in [2.75, 3.05) is 14.2 Å². The summed E-state index contributed by atoms with van der Waals surface area (Å²) in [4.78, 5) is 0. The first-order valence-corrected chi connectivity index (χ1v) is 9.61. The molecule has 4 fully saturated rings. The van der Waals surface area contributed by atoms with Gasteiger partial charge in [0.2, 0.25) is 0 Å². The van der Waals surface area contributed by atoms with E-state index in [-0.39, 0.29) is 10.7 Å². The zero-order valence-corrected chi connectivity index (χ0v) is 16.0. The van der Waals surface area contributed by atoms with Crippen molar-refractivity contribution in [3.63, 3.8) is 0 Å². The minimum absolute atomic E-state index is 0.315. The van der Waals surface area contributed by atoms with Crippen LogP contribution in [-0.2, 0) is 14.2 Å². The highest BCUT2D eigenvalue weighted by Gasteiger charge is 2.71. The lowest BCUT2D eigenvalue weighted by Crippen LogP contribution is -2.72. The zero-order chi connectivity index (χ0) is 17.4. The number of hydrogen-bond donors (Lipinski definition) is 0. The fourth-order valence-electron chi connectivity index (χ4n) is 5.07. The number of hydrogen-bond acceptors (Lipinski definition) is 5. The first kappa shape index (κ1) is 16.6. The number of ether oxygens (including phenoxy) is 5. The van der Waals surface area contributed by atoms with Gasteiger partial charge in [-0.3, -0.25) is 0 Å². The Bertz CT molecular complexity index is 646. The van der Waals surface area contributed by atoms with Crippen LogP contribution in [0.4, 0.5) is 0 Å². The molecule has 5 nitrogen and oxygen atoms in total. The molecule has 0 spiro atoms. The van der Waals surface area contributed by atoms with Crippen LogP contribution in [0.5, 0.6) is 11.5 Å². The molecular weight excluding hydrogens is 327 g/mol. The SMILES string of the molecule is COc1ccc(P2[C@]3(C)C[C@@]4(C)O[C@](C)(C[C@]2(C)O4)O3)c(OC)c1. The molecule has 4 heterocycles. The van der Waals surface area contributed by atoms with Gasteiger partial charge in [0, 0.05) is 24.2 Å². The quantitative estimate of drug-likeness (QED) is 0.779. The first-order chi connectivity index (χ1) is 11.1. The van der Waals surface area contributed by atoms with Crippen molar-refractivity contribution >= 4 is 13.2 Å². The van der Waals surface area contributed by atoms with Crippen molar-refractivity contribution in [2.24, 2.45) is 0 Å². The van der Waals surface area contributed by atoms with Crippen LogP contribution < -0.4 is 14.8 Å². The van der Waals surface area contributed by atoms with Crippen LogP contribution in [0.3, 0.4) is 0 Å². The van der Waals surface area contributed by atoms with Gasteiger partial charge in [-0.2, -0.15) is 0 Å². The minimum Gasteiger partial charge on any atom is -0.497 e. The monoisotopic (exact) mass is 352 g/mol. The van der Waals surface area contributed by atoms with E-state index in [2.05, 4.69) is 19.9 Å². The van der Waals surface area contributed by atoms with Crippen LogP contribution in [0.1, 0.15) is 40.5 Å². The maximum atomic E-state index is 6.49. The highest BCUT2D eigenvalue weighted by Crippen LogP contribution is 2.76. The number of rotatable bonds is 3. The Kier molecular flexibility index (Phi) is 3.35. The summed E-state index contributed by atoms with van der Waals surface area (Å²) in [6, 6.07) is 6.02. The Morgan fingerprint density at radius 3 is 1.96 bits per heavy atom. The molecule has 0 aromatic heterocycles. The van der Waals surface area contributed by atoms with E-state index >= 15 is 0 Å². The largest absolute Gasteiger partial charge is 0.497 e. The van der Waals surface area contributed by atoms with Crippen molar-refractivity contribution in [1.29, 1.82) is 0 Å². The van der Waals surface area contributed by atoms with E-state index in [0.717, 1.165) is 16.8 Å². The summed E-state index contributed by atoms with van der Waals surface area (Å²) in [6.07, 6.45) is 1.43. The molecule has 5 rings (SSSR count). The van der Waals surface area contributed by atoms with Gasteiger partial charge in [0.25, 0.3) is 0 Å². The standard InChI is InChI=1S/C18H25O5P/c1-15-10-17(3)23-16(2,21-15)11-18(4,22-15)24(17)14-8-7-12(19-5)9-13(14)20-6/h7-9H,10-11H2,1-6H3/t15-,16-,17+,18+/m0/s1. The van der Waals surface area contributed by atoms with Crippen molar-refractivity contribution < 1.29 is 23.7 Å². The molecule has 0 aliphatic carbocycles. The van der Waals surface area contributed by atoms with E-state index in [1.54, 1.807) is 14.2 Å². The molecule has 0 saturated carbocycles. The lowest BCUT2D eigenvalue weighted by atomic mass is 9.98. The van der Waals surface area contributed by atoms with Gasteiger partial charge in [0.15, 0.2) is 11.6 Å². The first-order valence-electron chi connectivity index (χ1n) is 8.27. The molecule has 0 radical (unpaired) electrons. The summed E-state index contributed by atoms with van der Waals surface area (Å²) in [6.45, 7) is 8.45. The van der Waals surface area contributed by atoms with E-state index in [9.17, 15) is 0 Å². The van der Waals surface area contributed by atoms with Crippen molar-refractivity contribution in [1.82, 2.24) is 0 Å². The maximum Gasteiger partial charge on any atom is 0.173 e. The molecule has 4 bridgehead atoms. The number of benzene rings is 1. The Hall–Kier alpha value is -0.870. The molecule has 0 unspecified atom stereocenters. The smallest absolute Gasteiger partial charge is 0.173 e. The van der Waals surface area contributed by atoms with E-state index < -0.39 is 19.5 Å². The second-order valence-electron chi connectivity index (χ2n) is 7.65. The van der Waals surface area contributed by atoms with Crippen LogP contribution >= 0.6 is 7.92 Å². The molecule has 0 N–H and O–H groups in total. The predicted molar refractivity (Wildman–Crippen MR) is 92.2 cm³/mol. The van der Waals surface area contributed by atoms with Crippen LogP contribution in [-0.4, -0.2) is 36.5 Å². The second-order valence-corrected chi connectivity index (χ2v) is 10.7. The summed E-state index contributed by atoms with van der Waals surface area (Å²) < 4.78 is 30.1. The highest BCUT2D eigenvalue weighted by molar-refractivity contribution is 7.68. The third kappa shape index (κ3) is 2.22. The normalized spacial score (nSPS) is 46.2. The molecule has 0 amide bonds. The molecule has 4 aliphatic rings. The van der Waals surface area contributed by atoms with E-state index in [4.69, 9.17) is 23.7 Å². The Balaban J connectivity index is 1.85. The fourth-order valence-corrected chi connectivity index (χ4v) is 9.14. The van der Waals surface area contributed by atoms with Gasteiger partial charge < -0.3 is 23.7 Å². The molecule has 6 heteroatoms. The summed E-state index contributed by atoms with van der Waals surface area (Å²) >= 11 is 0. The van der Waals surface area contributed by atoms with Crippen LogP contribution in [0, 0.1) is 0 Å². The third-order valence-corrected chi connectivity index (χ3v) is 8.42. The average molecular weight is 352 g/mol. The molecule has 24 heavy (non-hydrogen) atoms. The maximum absolute atomic E-state index is 6.49. The average Bonchev–Trinajstić information content (AvgIpc) is 2.42. The lowest BCUT2D eigenvalue weighted by molar-refractivity contribution is -0.467. The molecule has 1 aromatic rings. The van der Waals surface area contributed by atoms with Gasteiger partial charge in [0.05, 0.1) is 24.9 Å². The van der Waals surface area contributed by atoms with Gasteiger partial charge in [-0.05, 0) is 47.7 Å². The van der Waals surface area contributed by atoms with E-state index in [1.807, 2.05) is 26.0 Å². The van der Waals surface area contributed by atoms with Gasteiger partial charge >= 0.3 is 0 Å². The Morgan fingerprint density at radius 1 is 0.875 bits per heavy atom. The molecule has 4 atom stereocenters. The molecule has 132 valence electrons. The van der Waals surface area contributed by atoms with Crippen molar-refractivity contribution in [2.45, 2.75) is 62.8 Å². The summed E-state index contributed by atoms with van der Waals surface area (Å²) in [5.74, 6) is 0.439. The van der Waals surface area contributed by atoms with Crippen LogP contribution in [0.15, 0.2) is 18.2 Å². The third-order valence-electron chi connectivity index (χ3n) is 5.18. The molecular formula is C18H25O5P. The van der Waals surface area contributed by atoms with Gasteiger partial charge in [0.1, 0.15) is 11.5 Å². The Morgan fingerprint density at radius 2 is 1.46 bits per heavy atom. The minimum atomic E-state index is -0.778. The predicted octanol–water partition coefficient (Wildman–Crippen LogP) is 3.55. The van der Waals surface area contributed by atoms with E-state index in [1.165, 1.54) is 0 Å². The number of methoxy groups -OCH3 is 2. The topological polar surface area (TPSA) is 46.2 Å². The van der Waals surface area contributed by atoms with Gasteiger partial charge in [-0.25, -0.2) is 0 Å². The van der Waals surface area contributed by atoms with Gasteiger partial charge in [-0.15, -0.1) is 0 Å². The zero-order valence-electron chi connectivity index (χ0n) is 15.1. The highest BCUT2D eigenvalue weighted by atomic mass is 31.1.